The van der Waals surface area contributed by atoms with E-state index in [4.69, 9.17) is 14.2 Å². The fourth-order valence-electron chi connectivity index (χ4n) is 3.92. The van der Waals surface area contributed by atoms with Crippen LogP contribution in [0.1, 0.15) is 25.8 Å². The Balaban J connectivity index is 1.64. The fraction of sp³-hybridized carbons (Fsp3) is 0.481. The van der Waals surface area contributed by atoms with Crippen LogP contribution < -0.4 is 10.1 Å². The Bertz CT molecular complexity index is 1170. The number of hydrogen-bond donors (Lipinski definition) is 1. The molecule has 1 atom stereocenters. The molecule has 0 aromatic heterocycles. The van der Waals surface area contributed by atoms with Crippen molar-refractivity contribution in [1.29, 1.82) is 0 Å². The van der Waals surface area contributed by atoms with Crippen molar-refractivity contribution in [3.05, 3.63) is 59.9 Å². The third-order valence-electron chi connectivity index (χ3n) is 6.20. The average Bonchev–Trinajstić information content (AvgIpc) is 2.95. The zero-order valence-corrected chi connectivity index (χ0v) is 23.1. The summed E-state index contributed by atoms with van der Waals surface area (Å²) in [5.74, 6) is -0.890. The Morgan fingerprint density at radius 3 is 2.41 bits per heavy atom. The minimum Gasteiger partial charge on any atom is -0.484 e. The third-order valence-corrected chi connectivity index (χ3v) is 8.11. The van der Waals surface area contributed by atoms with Gasteiger partial charge in [-0.1, -0.05) is 12.1 Å². The van der Waals surface area contributed by atoms with Crippen molar-refractivity contribution in [2.75, 3.05) is 52.7 Å². The van der Waals surface area contributed by atoms with Gasteiger partial charge >= 0.3 is 0 Å². The predicted octanol–water partition coefficient (Wildman–Crippen LogP) is 2.19. The zero-order valence-electron chi connectivity index (χ0n) is 22.3. The van der Waals surface area contributed by atoms with Gasteiger partial charge in [0, 0.05) is 39.4 Å². The van der Waals surface area contributed by atoms with Crippen LogP contribution in [0.2, 0.25) is 0 Å². The molecule has 1 heterocycles. The number of benzene rings is 2. The van der Waals surface area contributed by atoms with Crippen LogP contribution in [0.15, 0.2) is 53.4 Å². The number of nitrogens with zero attached hydrogens (tertiary/aromatic N) is 2. The van der Waals surface area contributed by atoms with E-state index in [0.717, 1.165) is 0 Å². The molecular formula is C27H36FN3O7S. The summed E-state index contributed by atoms with van der Waals surface area (Å²) in [5.41, 5.74) is 0.651. The summed E-state index contributed by atoms with van der Waals surface area (Å²) < 4.78 is 56.5. The lowest BCUT2D eigenvalue weighted by Gasteiger charge is -2.29. The average molecular weight is 566 g/mol. The van der Waals surface area contributed by atoms with Gasteiger partial charge in [0.1, 0.15) is 17.6 Å². The lowest BCUT2D eigenvalue weighted by atomic mass is 10.1. The predicted molar refractivity (Wildman–Crippen MR) is 142 cm³/mol. The van der Waals surface area contributed by atoms with Crippen molar-refractivity contribution in [2.24, 2.45) is 0 Å². The van der Waals surface area contributed by atoms with Crippen LogP contribution in [0, 0.1) is 5.82 Å². The van der Waals surface area contributed by atoms with Crippen LogP contribution >= 0.6 is 0 Å². The highest BCUT2D eigenvalue weighted by Crippen LogP contribution is 2.21. The van der Waals surface area contributed by atoms with Crippen molar-refractivity contribution >= 4 is 21.8 Å². The Hall–Kier alpha value is -3.06. The summed E-state index contributed by atoms with van der Waals surface area (Å²) >= 11 is 0. The summed E-state index contributed by atoms with van der Waals surface area (Å²) in [7, 11) is -3.65. The lowest BCUT2D eigenvalue weighted by molar-refractivity contribution is -0.142. The normalized spacial score (nSPS) is 14.9. The first kappa shape index (κ1) is 30.5. The molecule has 214 valence electrons. The van der Waals surface area contributed by atoms with Crippen LogP contribution in [0.4, 0.5) is 4.39 Å². The monoisotopic (exact) mass is 565 g/mol. The SMILES string of the molecule is CCOCCCNC(=O)C(C)N(Cc1ccc(F)cc1)C(=O)COc1ccc(S(=O)(=O)N2CCOCC2)cc1. The second kappa shape index (κ2) is 14.9. The molecule has 2 aromatic rings. The zero-order chi connectivity index (χ0) is 28.3. The molecule has 12 heteroatoms. The van der Waals surface area contributed by atoms with E-state index in [0.29, 0.717) is 50.7 Å². The van der Waals surface area contributed by atoms with Crippen molar-refractivity contribution in [1.82, 2.24) is 14.5 Å². The van der Waals surface area contributed by atoms with Crippen molar-refractivity contribution in [3.63, 3.8) is 0 Å². The Morgan fingerprint density at radius 2 is 1.77 bits per heavy atom. The number of hydrogen-bond acceptors (Lipinski definition) is 7. The number of amides is 2. The maximum atomic E-state index is 13.4. The third kappa shape index (κ3) is 8.99. The second-order valence-electron chi connectivity index (χ2n) is 8.94. The van der Waals surface area contributed by atoms with Gasteiger partial charge in [0.05, 0.1) is 18.1 Å². The van der Waals surface area contributed by atoms with E-state index in [1.165, 1.54) is 45.6 Å². The summed E-state index contributed by atoms with van der Waals surface area (Å²) in [5, 5.41) is 2.81. The quantitative estimate of drug-likeness (QED) is 0.349. The van der Waals surface area contributed by atoms with Gasteiger partial charge in [0.15, 0.2) is 6.61 Å². The van der Waals surface area contributed by atoms with Crippen LogP contribution in [-0.4, -0.2) is 88.1 Å². The summed E-state index contributed by atoms with van der Waals surface area (Å²) in [4.78, 5) is 27.5. The first-order chi connectivity index (χ1) is 18.7. The summed E-state index contributed by atoms with van der Waals surface area (Å²) in [6, 6.07) is 10.7. The summed E-state index contributed by atoms with van der Waals surface area (Å²) in [6.45, 7) is 5.99. The minimum atomic E-state index is -3.65. The van der Waals surface area contributed by atoms with Crippen LogP contribution in [0.5, 0.6) is 5.75 Å². The van der Waals surface area contributed by atoms with Gasteiger partial charge in [-0.15, -0.1) is 0 Å². The molecule has 1 N–H and O–H groups in total. The van der Waals surface area contributed by atoms with Crippen molar-refractivity contribution in [2.45, 2.75) is 37.8 Å². The van der Waals surface area contributed by atoms with E-state index in [1.54, 1.807) is 19.1 Å². The Labute approximate surface area is 229 Å². The van der Waals surface area contributed by atoms with Gasteiger partial charge in [-0.2, -0.15) is 4.31 Å². The molecular weight excluding hydrogens is 529 g/mol. The fourth-order valence-corrected chi connectivity index (χ4v) is 5.33. The number of morpholine rings is 1. The van der Waals surface area contributed by atoms with E-state index in [-0.39, 0.29) is 37.0 Å². The highest BCUT2D eigenvalue weighted by molar-refractivity contribution is 7.89. The topological polar surface area (TPSA) is 114 Å². The first-order valence-corrected chi connectivity index (χ1v) is 14.4. The Morgan fingerprint density at radius 1 is 1.10 bits per heavy atom. The molecule has 1 fully saturated rings. The maximum absolute atomic E-state index is 13.4. The number of nitrogens with one attached hydrogen (secondary N) is 1. The molecule has 1 aliphatic heterocycles. The molecule has 2 aromatic carbocycles. The van der Waals surface area contributed by atoms with E-state index in [1.807, 2.05) is 6.92 Å². The van der Waals surface area contributed by atoms with Crippen molar-refractivity contribution in [3.8, 4) is 5.75 Å². The molecule has 39 heavy (non-hydrogen) atoms. The van der Waals surface area contributed by atoms with E-state index in [2.05, 4.69) is 5.32 Å². The van der Waals surface area contributed by atoms with Gasteiger partial charge in [-0.05, 0) is 62.2 Å². The number of halogens is 1. The van der Waals surface area contributed by atoms with Crippen LogP contribution in [-0.2, 0) is 35.6 Å². The van der Waals surface area contributed by atoms with E-state index >= 15 is 0 Å². The Kier molecular flexibility index (Phi) is 11.7. The van der Waals surface area contributed by atoms with Crippen LogP contribution in [0.25, 0.3) is 0 Å². The van der Waals surface area contributed by atoms with Crippen LogP contribution in [0.3, 0.4) is 0 Å². The summed E-state index contributed by atoms with van der Waals surface area (Å²) in [6.07, 6.45) is 0.637. The molecule has 1 saturated heterocycles. The van der Waals surface area contributed by atoms with Gasteiger partial charge in [0.25, 0.3) is 5.91 Å². The molecule has 2 amide bonds. The van der Waals surface area contributed by atoms with Crippen molar-refractivity contribution < 1.29 is 36.6 Å². The molecule has 1 unspecified atom stereocenters. The smallest absolute Gasteiger partial charge is 0.261 e. The molecule has 0 aliphatic carbocycles. The number of rotatable bonds is 14. The molecule has 1 aliphatic rings. The van der Waals surface area contributed by atoms with E-state index in [9.17, 15) is 22.4 Å². The number of carbonyl (C=O) groups is 2. The first-order valence-electron chi connectivity index (χ1n) is 12.9. The number of sulfonamides is 1. The molecule has 0 radical (unpaired) electrons. The number of ether oxygens (including phenoxy) is 3. The highest BCUT2D eigenvalue weighted by Gasteiger charge is 2.28. The second-order valence-corrected chi connectivity index (χ2v) is 10.9. The molecule has 0 saturated carbocycles. The maximum Gasteiger partial charge on any atom is 0.261 e. The minimum absolute atomic E-state index is 0.0761. The molecule has 0 bridgehead atoms. The van der Waals surface area contributed by atoms with Gasteiger partial charge in [-0.25, -0.2) is 12.8 Å². The van der Waals surface area contributed by atoms with Gasteiger partial charge in [-0.3, -0.25) is 9.59 Å². The molecule has 0 spiro atoms. The van der Waals surface area contributed by atoms with Gasteiger partial charge < -0.3 is 24.4 Å². The number of carbonyl (C=O) groups excluding carboxylic acids is 2. The lowest BCUT2D eigenvalue weighted by Crippen LogP contribution is -2.49. The standard InChI is InChI=1S/C27H36FN3O7S/c1-3-36-16-4-13-29-27(33)21(2)31(19-22-5-7-23(28)8-6-22)26(32)20-38-24-9-11-25(12-10-24)39(34,35)30-14-17-37-18-15-30/h5-12,21H,3-4,13-20H2,1-2H3,(H,29,33). The van der Waals surface area contributed by atoms with E-state index < -0.39 is 27.8 Å². The largest absolute Gasteiger partial charge is 0.484 e. The van der Waals surface area contributed by atoms with Gasteiger partial charge in [0.2, 0.25) is 15.9 Å². The molecule has 10 nitrogen and oxygen atoms in total. The molecule has 3 rings (SSSR count). The highest BCUT2D eigenvalue weighted by atomic mass is 32.2.